The molecule has 1 aromatic heterocycles. The molecule has 0 saturated heterocycles. The summed E-state index contributed by atoms with van der Waals surface area (Å²) in [6.45, 7) is 6.69. The van der Waals surface area contributed by atoms with Crippen molar-refractivity contribution < 1.29 is 4.79 Å². The second kappa shape index (κ2) is 6.90. The lowest BCUT2D eigenvalue weighted by atomic mass is 9.59. The van der Waals surface area contributed by atoms with Gasteiger partial charge in [0, 0.05) is 17.7 Å². The van der Waals surface area contributed by atoms with Crippen molar-refractivity contribution in [3.63, 3.8) is 0 Å². The standard InChI is InChI=1S/C22H29N3O/c1-14(13-25-16(3)12-15(2)24-25)22(26)23-21-19-11-7-10-18(19)20(21)17-8-5-4-6-9-17/h4-6,8-9,12,14,18-21H,7,10-11,13H2,1-3H3,(H,23,26)/t14-,18+,19+,20-,21+/m0/s1. The molecular formula is C22H29N3O. The van der Waals surface area contributed by atoms with E-state index < -0.39 is 0 Å². The number of rotatable bonds is 5. The molecule has 0 bridgehead atoms. The second-order valence-electron chi connectivity index (χ2n) is 8.24. The third kappa shape index (κ3) is 3.06. The maximum atomic E-state index is 12.9. The first kappa shape index (κ1) is 17.3. The molecule has 4 heteroatoms. The van der Waals surface area contributed by atoms with E-state index in [-0.39, 0.29) is 11.8 Å². The lowest BCUT2D eigenvalue weighted by Crippen LogP contribution is -2.57. The zero-order valence-corrected chi connectivity index (χ0v) is 16.0. The number of aryl methyl sites for hydroxylation is 2. The average Bonchev–Trinajstić information content (AvgIpc) is 3.16. The highest BCUT2D eigenvalue weighted by molar-refractivity contribution is 5.79. The Hall–Kier alpha value is -2.10. The Labute approximate surface area is 156 Å². The van der Waals surface area contributed by atoms with E-state index in [1.54, 1.807) is 0 Å². The van der Waals surface area contributed by atoms with Crippen molar-refractivity contribution in [3.05, 3.63) is 53.3 Å². The SMILES string of the molecule is Cc1cc(C)n(C[C@H](C)C(=O)N[C@@H]2[C@@H]3CCC[C@H]3[C@@H]2c2ccccc2)n1. The van der Waals surface area contributed by atoms with Crippen molar-refractivity contribution >= 4 is 5.91 Å². The molecule has 0 spiro atoms. The van der Waals surface area contributed by atoms with Gasteiger partial charge < -0.3 is 5.32 Å². The van der Waals surface area contributed by atoms with E-state index in [0.717, 1.165) is 17.3 Å². The van der Waals surface area contributed by atoms with Crippen molar-refractivity contribution in [2.75, 3.05) is 0 Å². The summed E-state index contributed by atoms with van der Waals surface area (Å²) in [5, 5.41) is 7.90. The van der Waals surface area contributed by atoms with Gasteiger partial charge in [0.25, 0.3) is 0 Å². The molecule has 2 aliphatic rings. The zero-order chi connectivity index (χ0) is 18.3. The third-order valence-corrected chi connectivity index (χ3v) is 6.43. The van der Waals surface area contributed by atoms with Gasteiger partial charge in [-0.05, 0) is 50.2 Å². The quantitative estimate of drug-likeness (QED) is 0.890. The minimum Gasteiger partial charge on any atom is -0.352 e. The van der Waals surface area contributed by atoms with Crippen LogP contribution in [0.4, 0.5) is 0 Å². The highest BCUT2D eigenvalue weighted by Crippen LogP contribution is 2.55. The maximum Gasteiger partial charge on any atom is 0.224 e. The molecule has 4 nitrogen and oxygen atoms in total. The number of carbonyl (C=O) groups is 1. The monoisotopic (exact) mass is 351 g/mol. The molecule has 0 radical (unpaired) electrons. The number of carbonyl (C=O) groups excluding carboxylic acids is 1. The molecule has 5 atom stereocenters. The highest BCUT2D eigenvalue weighted by Gasteiger charge is 2.53. The summed E-state index contributed by atoms with van der Waals surface area (Å²) < 4.78 is 1.95. The van der Waals surface area contributed by atoms with Crippen LogP contribution in [0.2, 0.25) is 0 Å². The van der Waals surface area contributed by atoms with Crippen LogP contribution in [0.15, 0.2) is 36.4 Å². The van der Waals surface area contributed by atoms with Gasteiger partial charge in [0.05, 0.1) is 18.2 Å². The molecule has 2 fully saturated rings. The van der Waals surface area contributed by atoms with Crippen LogP contribution in [-0.2, 0) is 11.3 Å². The van der Waals surface area contributed by atoms with Gasteiger partial charge in [-0.2, -0.15) is 5.10 Å². The van der Waals surface area contributed by atoms with E-state index in [1.165, 1.54) is 24.8 Å². The number of aromatic nitrogens is 2. The number of hydrogen-bond donors (Lipinski definition) is 1. The molecule has 138 valence electrons. The Morgan fingerprint density at radius 2 is 1.96 bits per heavy atom. The Balaban J connectivity index is 1.45. The zero-order valence-electron chi connectivity index (χ0n) is 16.0. The summed E-state index contributed by atoms with van der Waals surface area (Å²) >= 11 is 0. The molecule has 1 N–H and O–H groups in total. The van der Waals surface area contributed by atoms with Crippen LogP contribution < -0.4 is 5.32 Å². The molecule has 2 aromatic rings. The maximum absolute atomic E-state index is 12.9. The average molecular weight is 351 g/mol. The first-order valence-corrected chi connectivity index (χ1v) is 9.91. The fourth-order valence-electron chi connectivity index (χ4n) is 5.13. The third-order valence-electron chi connectivity index (χ3n) is 6.43. The lowest BCUT2D eigenvalue weighted by molar-refractivity contribution is -0.127. The van der Waals surface area contributed by atoms with Gasteiger partial charge in [-0.3, -0.25) is 9.48 Å². The van der Waals surface area contributed by atoms with Crippen LogP contribution in [0.1, 0.15) is 49.1 Å². The summed E-state index contributed by atoms with van der Waals surface area (Å²) in [6.07, 6.45) is 3.86. The van der Waals surface area contributed by atoms with E-state index in [4.69, 9.17) is 0 Å². The molecular weight excluding hydrogens is 322 g/mol. The summed E-state index contributed by atoms with van der Waals surface area (Å²) in [4.78, 5) is 12.9. The number of nitrogens with zero attached hydrogens (tertiary/aromatic N) is 2. The summed E-state index contributed by atoms with van der Waals surface area (Å²) in [7, 11) is 0. The lowest BCUT2D eigenvalue weighted by Gasteiger charge is -2.50. The van der Waals surface area contributed by atoms with Gasteiger partial charge in [-0.1, -0.05) is 43.7 Å². The minimum absolute atomic E-state index is 0.0788. The van der Waals surface area contributed by atoms with Gasteiger partial charge in [0.2, 0.25) is 5.91 Å². The van der Waals surface area contributed by atoms with Gasteiger partial charge >= 0.3 is 0 Å². The first-order valence-electron chi connectivity index (χ1n) is 9.91. The predicted octanol–water partition coefficient (Wildman–Crippen LogP) is 3.83. The van der Waals surface area contributed by atoms with Gasteiger partial charge in [0.1, 0.15) is 0 Å². The topological polar surface area (TPSA) is 46.9 Å². The Bertz CT molecular complexity index is 782. The van der Waals surface area contributed by atoms with Crippen molar-refractivity contribution in [1.82, 2.24) is 15.1 Å². The van der Waals surface area contributed by atoms with Crippen LogP contribution in [0.25, 0.3) is 0 Å². The normalized spacial score (nSPS) is 28.3. The predicted molar refractivity (Wildman–Crippen MR) is 103 cm³/mol. The minimum atomic E-state index is -0.0788. The first-order chi connectivity index (χ1) is 12.5. The van der Waals surface area contributed by atoms with Crippen molar-refractivity contribution in [2.24, 2.45) is 17.8 Å². The Kier molecular flexibility index (Phi) is 4.60. The molecule has 1 aromatic carbocycles. The van der Waals surface area contributed by atoms with Gasteiger partial charge in [-0.15, -0.1) is 0 Å². The van der Waals surface area contributed by atoms with E-state index in [2.05, 4.69) is 46.8 Å². The van der Waals surface area contributed by atoms with E-state index in [1.807, 2.05) is 25.5 Å². The number of nitrogens with one attached hydrogen (secondary N) is 1. The molecule has 0 unspecified atom stereocenters. The van der Waals surface area contributed by atoms with Crippen LogP contribution in [0.3, 0.4) is 0 Å². The molecule has 2 saturated carbocycles. The number of amides is 1. The summed E-state index contributed by atoms with van der Waals surface area (Å²) in [5.41, 5.74) is 3.50. The summed E-state index contributed by atoms with van der Waals surface area (Å²) in [6, 6.07) is 13.1. The van der Waals surface area contributed by atoms with Crippen LogP contribution in [0, 0.1) is 31.6 Å². The molecule has 26 heavy (non-hydrogen) atoms. The van der Waals surface area contributed by atoms with Crippen LogP contribution in [-0.4, -0.2) is 21.7 Å². The van der Waals surface area contributed by atoms with Gasteiger partial charge in [0.15, 0.2) is 0 Å². The number of hydrogen-bond acceptors (Lipinski definition) is 2. The Morgan fingerprint density at radius 3 is 2.65 bits per heavy atom. The fraction of sp³-hybridized carbons (Fsp3) is 0.545. The van der Waals surface area contributed by atoms with E-state index in [9.17, 15) is 4.79 Å². The van der Waals surface area contributed by atoms with Gasteiger partial charge in [-0.25, -0.2) is 0 Å². The fourth-order valence-corrected chi connectivity index (χ4v) is 5.13. The Morgan fingerprint density at radius 1 is 1.23 bits per heavy atom. The van der Waals surface area contributed by atoms with Crippen LogP contribution in [0.5, 0.6) is 0 Å². The van der Waals surface area contributed by atoms with E-state index >= 15 is 0 Å². The largest absolute Gasteiger partial charge is 0.352 e. The second-order valence-corrected chi connectivity index (χ2v) is 8.24. The van der Waals surface area contributed by atoms with Crippen molar-refractivity contribution in [2.45, 2.75) is 58.5 Å². The summed E-state index contributed by atoms with van der Waals surface area (Å²) in [5.74, 6) is 1.96. The number of fused-ring (bicyclic) bond motifs is 1. The van der Waals surface area contributed by atoms with Crippen molar-refractivity contribution in [1.29, 1.82) is 0 Å². The molecule has 4 rings (SSSR count). The highest BCUT2D eigenvalue weighted by atomic mass is 16.2. The molecule has 2 aliphatic carbocycles. The number of benzene rings is 1. The van der Waals surface area contributed by atoms with Crippen molar-refractivity contribution in [3.8, 4) is 0 Å². The van der Waals surface area contributed by atoms with E-state index in [0.29, 0.717) is 24.4 Å². The molecule has 0 aliphatic heterocycles. The molecule has 1 amide bonds. The molecule has 1 heterocycles. The smallest absolute Gasteiger partial charge is 0.224 e. The van der Waals surface area contributed by atoms with Crippen LogP contribution >= 0.6 is 0 Å².